The standard InChI is InChI=1S/C23H38N2O2/c1-21(2,24)14-27-25-16-9-11-22(3)15(13-16)5-6-17-18-7-8-20(26)23(18,4)12-10-19(17)22/h15,17-19H,5-14,24H2,1-4H3/t15?,17?,18?,19?,22-,23-/m0/s1. The molecule has 4 unspecified atom stereocenters. The first kappa shape index (κ1) is 19.4. The zero-order valence-corrected chi connectivity index (χ0v) is 17.7. The molecular formula is C23H38N2O2. The van der Waals surface area contributed by atoms with Crippen LogP contribution in [0.2, 0.25) is 0 Å². The fourth-order valence-electron chi connectivity index (χ4n) is 7.20. The molecule has 152 valence electrons. The zero-order valence-electron chi connectivity index (χ0n) is 17.7. The van der Waals surface area contributed by atoms with E-state index in [1.165, 1.54) is 31.4 Å². The molecule has 4 rings (SSSR count). The van der Waals surface area contributed by atoms with Crippen LogP contribution in [0.4, 0.5) is 0 Å². The van der Waals surface area contributed by atoms with Crippen LogP contribution in [0.15, 0.2) is 5.16 Å². The molecule has 4 aliphatic carbocycles. The van der Waals surface area contributed by atoms with Gasteiger partial charge >= 0.3 is 0 Å². The maximum Gasteiger partial charge on any atom is 0.139 e. The number of ketones is 1. The summed E-state index contributed by atoms with van der Waals surface area (Å²) in [5.74, 6) is 3.49. The van der Waals surface area contributed by atoms with E-state index in [0.29, 0.717) is 23.7 Å². The monoisotopic (exact) mass is 374 g/mol. The Balaban J connectivity index is 1.46. The van der Waals surface area contributed by atoms with E-state index in [0.717, 1.165) is 49.9 Å². The maximum absolute atomic E-state index is 12.5. The average Bonchev–Trinajstić information content (AvgIpc) is 2.89. The molecule has 4 fully saturated rings. The minimum atomic E-state index is -0.335. The zero-order chi connectivity index (χ0) is 19.4. The van der Waals surface area contributed by atoms with Crippen molar-refractivity contribution in [1.82, 2.24) is 0 Å². The summed E-state index contributed by atoms with van der Waals surface area (Å²) in [6.07, 6.45) is 10.3. The summed E-state index contributed by atoms with van der Waals surface area (Å²) in [5.41, 5.74) is 7.31. The van der Waals surface area contributed by atoms with Crippen LogP contribution in [0.25, 0.3) is 0 Å². The van der Waals surface area contributed by atoms with Crippen LogP contribution in [-0.2, 0) is 9.63 Å². The lowest BCUT2D eigenvalue weighted by Gasteiger charge is -2.59. The van der Waals surface area contributed by atoms with Gasteiger partial charge < -0.3 is 10.6 Å². The van der Waals surface area contributed by atoms with Crippen molar-refractivity contribution in [3.05, 3.63) is 0 Å². The number of nitrogens with two attached hydrogens (primary N) is 1. The Morgan fingerprint density at radius 3 is 2.63 bits per heavy atom. The number of fused-ring (bicyclic) bond motifs is 5. The predicted molar refractivity (Wildman–Crippen MR) is 108 cm³/mol. The van der Waals surface area contributed by atoms with Gasteiger partial charge in [0.1, 0.15) is 12.4 Å². The molecule has 4 nitrogen and oxygen atoms in total. The molecular weight excluding hydrogens is 336 g/mol. The summed E-state index contributed by atoms with van der Waals surface area (Å²) in [7, 11) is 0. The fourth-order valence-corrected chi connectivity index (χ4v) is 7.20. The van der Waals surface area contributed by atoms with E-state index in [1.807, 2.05) is 13.8 Å². The van der Waals surface area contributed by atoms with Gasteiger partial charge in [-0.15, -0.1) is 0 Å². The number of carbonyl (C=O) groups is 1. The summed E-state index contributed by atoms with van der Waals surface area (Å²) in [5, 5.41) is 4.46. The van der Waals surface area contributed by atoms with Gasteiger partial charge in [0.15, 0.2) is 0 Å². The second kappa shape index (κ2) is 6.57. The highest BCUT2D eigenvalue weighted by Crippen LogP contribution is 2.65. The molecule has 0 saturated heterocycles. The van der Waals surface area contributed by atoms with Crippen molar-refractivity contribution in [2.24, 2.45) is 45.4 Å². The lowest BCUT2D eigenvalue weighted by Crippen LogP contribution is -2.53. The van der Waals surface area contributed by atoms with Crippen LogP contribution in [0.5, 0.6) is 0 Å². The molecule has 0 amide bonds. The summed E-state index contributed by atoms with van der Waals surface area (Å²) < 4.78 is 0. The molecule has 0 spiro atoms. The number of hydrogen-bond donors (Lipinski definition) is 1. The largest absolute Gasteiger partial charge is 0.394 e. The van der Waals surface area contributed by atoms with Crippen molar-refractivity contribution in [2.45, 2.75) is 91.0 Å². The van der Waals surface area contributed by atoms with Gasteiger partial charge in [-0.05, 0) is 94.3 Å². The maximum atomic E-state index is 12.5. The Morgan fingerprint density at radius 2 is 1.89 bits per heavy atom. The van der Waals surface area contributed by atoms with Gasteiger partial charge in [-0.25, -0.2) is 0 Å². The number of nitrogens with zero attached hydrogens (tertiary/aromatic N) is 1. The number of oxime groups is 1. The van der Waals surface area contributed by atoms with E-state index < -0.39 is 0 Å². The van der Waals surface area contributed by atoms with Crippen LogP contribution < -0.4 is 5.73 Å². The third-order valence-electron chi connectivity index (χ3n) is 8.84. The molecule has 0 bridgehead atoms. The van der Waals surface area contributed by atoms with E-state index >= 15 is 0 Å². The Labute approximate surface area is 164 Å². The molecule has 4 saturated carbocycles. The highest BCUT2D eigenvalue weighted by atomic mass is 16.6. The number of Topliss-reactive ketones (excluding diaryl/α,β-unsaturated/α-hetero) is 1. The topological polar surface area (TPSA) is 64.7 Å². The molecule has 0 aromatic rings. The van der Waals surface area contributed by atoms with E-state index in [1.54, 1.807) is 0 Å². The second-order valence-electron chi connectivity index (χ2n) is 11.2. The summed E-state index contributed by atoms with van der Waals surface area (Å²) >= 11 is 0. The Morgan fingerprint density at radius 1 is 1.11 bits per heavy atom. The van der Waals surface area contributed by atoms with Crippen molar-refractivity contribution >= 4 is 11.5 Å². The fraction of sp³-hybridized carbons (Fsp3) is 0.913. The third kappa shape index (κ3) is 3.26. The van der Waals surface area contributed by atoms with Gasteiger partial charge in [-0.2, -0.15) is 0 Å². The number of hydrogen-bond acceptors (Lipinski definition) is 4. The van der Waals surface area contributed by atoms with E-state index in [2.05, 4.69) is 19.0 Å². The average molecular weight is 375 g/mol. The number of carbonyl (C=O) groups excluding carboxylic acids is 1. The molecule has 0 aliphatic heterocycles. The van der Waals surface area contributed by atoms with Gasteiger partial charge in [0.05, 0.1) is 5.71 Å². The molecule has 0 radical (unpaired) electrons. The van der Waals surface area contributed by atoms with Crippen molar-refractivity contribution in [3.8, 4) is 0 Å². The van der Waals surface area contributed by atoms with Crippen molar-refractivity contribution in [2.75, 3.05) is 6.61 Å². The van der Waals surface area contributed by atoms with Gasteiger partial charge in [-0.1, -0.05) is 19.0 Å². The minimum absolute atomic E-state index is 0.00544. The van der Waals surface area contributed by atoms with Crippen LogP contribution in [0, 0.1) is 34.5 Å². The molecule has 4 heteroatoms. The molecule has 0 heterocycles. The van der Waals surface area contributed by atoms with Gasteiger partial charge in [0, 0.05) is 17.4 Å². The first-order chi connectivity index (χ1) is 12.6. The van der Waals surface area contributed by atoms with Crippen LogP contribution in [0.1, 0.15) is 85.5 Å². The second-order valence-corrected chi connectivity index (χ2v) is 11.2. The highest BCUT2D eigenvalue weighted by molar-refractivity contribution is 5.87. The lowest BCUT2D eigenvalue weighted by atomic mass is 9.45. The van der Waals surface area contributed by atoms with Crippen LogP contribution >= 0.6 is 0 Å². The third-order valence-corrected chi connectivity index (χ3v) is 8.84. The molecule has 6 atom stereocenters. The van der Waals surface area contributed by atoms with Gasteiger partial charge in [-0.3, -0.25) is 4.79 Å². The van der Waals surface area contributed by atoms with E-state index in [4.69, 9.17) is 10.6 Å². The number of rotatable bonds is 3. The summed E-state index contributed by atoms with van der Waals surface area (Å²) in [6.45, 7) is 9.24. The van der Waals surface area contributed by atoms with E-state index in [9.17, 15) is 4.79 Å². The first-order valence-electron chi connectivity index (χ1n) is 11.1. The van der Waals surface area contributed by atoms with Crippen LogP contribution in [0.3, 0.4) is 0 Å². The Bertz CT molecular complexity index is 637. The van der Waals surface area contributed by atoms with Gasteiger partial charge in [0.25, 0.3) is 0 Å². The highest BCUT2D eigenvalue weighted by Gasteiger charge is 2.60. The van der Waals surface area contributed by atoms with Crippen LogP contribution in [-0.4, -0.2) is 23.6 Å². The minimum Gasteiger partial charge on any atom is -0.394 e. The summed E-state index contributed by atoms with van der Waals surface area (Å²) in [4.78, 5) is 18.1. The predicted octanol–water partition coefficient (Wildman–Crippen LogP) is 4.71. The summed E-state index contributed by atoms with van der Waals surface area (Å²) in [6, 6.07) is 0. The molecule has 0 aromatic heterocycles. The molecule has 4 aliphatic rings. The molecule has 2 N–H and O–H groups in total. The Hall–Kier alpha value is -0.900. The first-order valence-corrected chi connectivity index (χ1v) is 11.1. The normalized spacial score (nSPS) is 46.0. The Kier molecular flexibility index (Phi) is 4.73. The smallest absolute Gasteiger partial charge is 0.139 e. The van der Waals surface area contributed by atoms with Crippen molar-refractivity contribution in [3.63, 3.8) is 0 Å². The molecule has 0 aromatic carbocycles. The lowest BCUT2D eigenvalue weighted by molar-refractivity contribution is -0.137. The SMILES string of the molecule is CC(C)(N)CON=C1CC[C@@]2(C)C(CCC3C2CC[C@]2(C)C(=O)CCC32)C1. The quantitative estimate of drug-likeness (QED) is 0.728. The van der Waals surface area contributed by atoms with E-state index in [-0.39, 0.29) is 11.0 Å². The van der Waals surface area contributed by atoms with Crippen molar-refractivity contribution in [1.29, 1.82) is 0 Å². The van der Waals surface area contributed by atoms with Gasteiger partial charge in [0.2, 0.25) is 0 Å². The van der Waals surface area contributed by atoms with Crippen molar-refractivity contribution < 1.29 is 9.63 Å². The molecule has 27 heavy (non-hydrogen) atoms.